The summed E-state index contributed by atoms with van der Waals surface area (Å²) in [6.07, 6.45) is 5.14. The lowest BCUT2D eigenvalue weighted by Crippen LogP contribution is -2.45. The van der Waals surface area contributed by atoms with Gasteiger partial charge in [0.25, 0.3) is 0 Å². The van der Waals surface area contributed by atoms with Crippen molar-refractivity contribution in [2.24, 2.45) is 0 Å². The summed E-state index contributed by atoms with van der Waals surface area (Å²) in [6.45, 7) is 0.454. The minimum absolute atomic E-state index is 0.128. The Morgan fingerprint density at radius 1 is 0.816 bits per heavy atom. The molecule has 2 amide bonds. The predicted molar refractivity (Wildman–Crippen MR) is 153 cm³/mol. The van der Waals surface area contributed by atoms with Crippen LogP contribution in [0.2, 0.25) is 5.02 Å². The highest BCUT2D eigenvalue weighted by Gasteiger charge is 2.43. The molecule has 2 aliphatic rings. The number of amides is 2. The van der Waals surface area contributed by atoms with Crippen LogP contribution in [0, 0.1) is 0 Å². The maximum atomic E-state index is 12.9. The number of fused-ring (bicyclic) bond motifs is 1. The fraction of sp³-hybridized carbons (Fsp3) is 0.242. The van der Waals surface area contributed by atoms with Gasteiger partial charge in [-0.15, -0.1) is 0 Å². The number of urea groups is 1. The monoisotopic (exact) mass is 522 g/mol. The third kappa shape index (κ3) is 5.27. The number of halogens is 1. The topological polar surface area (TPSA) is 50.4 Å². The molecule has 4 aromatic rings. The van der Waals surface area contributed by atoms with Crippen molar-refractivity contribution >= 4 is 17.6 Å². The van der Waals surface area contributed by atoms with Gasteiger partial charge in [-0.25, -0.2) is 4.79 Å². The Bertz CT molecular complexity index is 1410. The molecule has 38 heavy (non-hydrogen) atoms. The fourth-order valence-electron chi connectivity index (χ4n) is 5.79. The molecule has 0 radical (unpaired) electrons. The van der Waals surface area contributed by atoms with Gasteiger partial charge in [-0.05, 0) is 71.7 Å². The molecular weight excluding hydrogens is 492 g/mol. The van der Waals surface area contributed by atoms with Gasteiger partial charge in [0, 0.05) is 23.6 Å². The summed E-state index contributed by atoms with van der Waals surface area (Å²) in [4.78, 5) is 12.9. The van der Waals surface area contributed by atoms with E-state index in [4.69, 9.17) is 16.3 Å². The Kier molecular flexibility index (Phi) is 6.82. The van der Waals surface area contributed by atoms with E-state index in [1.54, 1.807) is 0 Å². The molecule has 1 saturated carbocycles. The minimum atomic E-state index is -0.187. The molecule has 1 heterocycles. The molecule has 1 aliphatic heterocycles. The normalized spacial score (nSPS) is 17.4. The number of hydrogen-bond donors (Lipinski definition) is 2. The molecule has 192 valence electrons. The lowest BCUT2D eigenvalue weighted by molar-refractivity contribution is 0.0385. The number of hydrogen-bond acceptors (Lipinski definition) is 2. The van der Waals surface area contributed by atoms with Crippen molar-refractivity contribution in [3.63, 3.8) is 0 Å². The Hall–Kier alpha value is -3.76. The van der Waals surface area contributed by atoms with Crippen LogP contribution in [0.5, 0.6) is 5.75 Å². The van der Waals surface area contributed by atoms with Gasteiger partial charge in [0.1, 0.15) is 11.4 Å². The maximum Gasteiger partial charge on any atom is 0.315 e. The fourth-order valence-corrected chi connectivity index (χ4v) is 5.97. The first-order chi connectivity index (χ1) is 18.6. The molecule has 0 unspecified atom stereocenters. The zero-order valence-corrected chi connectivity index (χ0v) is 22.0. The molecule has 1 aliphatic carbocycles. The summed E-state index contributed by atoms with van der Waals surface area (Å²) < 4.78 is 6.42. The van der Waals surface area contributed by atoms with E-state index < -0.39 is 0 Å². The zero-order valence-electron chi connectivity index (χ0n) is 21.3. The van der Waals surface area contributed by atoms with Gasteiger partial charge in [-0.1, -0.05) is 90.5 Å². The van der Waals surface area contributed by atoms with E-state index in [-0.39, 0.29) is 17.7 Å². The van der Waals surface area contributed by atoms with Crippen molar-refractivity contribution < 1.29 is 9.53 Å². The molecule has 1 atom stereocenters. The van der Waals surface area contributed by atoms with E-state index in [0.29, 0.717) is 11.6 Å². The molecule has 0 aromatic heterocycles. The lowest BCUT2D eigenvalue weighted by atomic mass is 9.86. The molecule has 1 fully saturated rings. The van der Waals surface area contributed by atoms with Crippen molar-refractivity contribution in [3.05, 3.63) is 113 Å². The molecule has 6 rings (SSSR count). The number of carbonyl (C=O) groups excluding carboxylic acids is 1. The van der Waals surface area contributed by atoms with Gasteiger partial charge in [-0.3, -0.25) is 0 Å². The summed E-state index contributed by atoms with van der Waals surface area (Å²) in [5, 5.41) is 6.87. The van der Waals surface area contributed by atoms with Crippen molar-refractivity contribution in [3.8, 4) is 28.0 Å². The summed E-state index contributed by atoms with van der Waals surface area (Å²) in [5.74, 6) is 0.834. The van der Waals surface area contributed by atoms with Crippen molar-refractivity contribution in [2.45, 2.75) is 50.3 Å². The SMILES string of the molecule is O=C(NCc1ccc(-c2ccc(-c3ccccc3)cc2)cc1)N[C@@H]1CC2(CCCC2)Oc2ccc(Cl)cc21. The quantitative estimate of drug-likeness (QED) is 0.277. The van der Waals surface area contributed by atoms with Crippen LogP contribution in [0.1, 0.15) is 49.3 Å². The van der Waals surface area contributed by atoms with Crippen LogP contribution >= 0.6 is 11.6 Å². The van der Waals surface area contributed by atoms with Crippen molar-refractivity contribution in [1.82, 2.24) is 10.6 Å². The smallest absolute Gasteiger partial charge is 0.315 e. The Morgan fingerprint density at radius 2 is 1.42 bits per heavy atom. The number of benzene rings is 4. The highest BCUT2D eigenvalue weighted by atomic mass is 35.5. The van der Waals surface area contributed by atoms with Crippen LogP contribution in [0.3, 0.4) is 0 Å². The zero-order chi connectivity index (χ0) is 26.0. The number of carbonyl (C=O) groups is 1. The lowest BCUT2D eigenvalue weighted by Gasteiger charge is -2.40. The highest BCUT2D eigenvalue weighted by Crippen LogP contribution is 2.47. The van der Waals surface area contributed by atoms with Gasteiger partial charge >= 0.3 is 6.03 Å². The largest absolute Gasteiger partial charge is 0.487 e. The second-order valence-corrected chi connectivity index (χ2v) is 10.8. The molecule has 5 heteroatoms. The van der Waals surface area contributed by atoms with Crippen LogP contribution in [-0.2, 0) is 6.54 Å². The summed E-state index contributed by atoms with van der Waals surface area (Å²) in [6, 6.07) is 32.7. The molecule has 0 bridgehead atoms. The molecular formula is C33H31ClN2O2. The molecule has 1 spiro atoms. The number of rotatable bonds is 5. The predicted octanol–water partition coefficient (Wildman–Crippen LogP) is 8.31. The standard InChI is InChI=1S/C33H31ClN2O2/c34-28-16-17-31-29(20-28)30(21-33(38-31)18-4-5-19-33)36-32(37)35-22-23-8-10-25(11-9-23)27-14-12-26(13-15-27)24-6-2-1-3-7-24/h1-3,6-17,20,30H,4-5,18-19,21-22H2,(H2,35,36,37)/t30-/m1/s1. The van der Waals surface area contributed by atoms with Crippen molar-refractivity contribution in [2.75, 3.05) is 0 Å². The van der Waals surface area contributed by atoms with E-state index in [0.717, 1.165) is 54.5 Å². The molecule has 4 nitrogen and oxygen atoms in total. The second-order valence-electron chi connectivity index (χ2n) is 10.4. The number of ether oxygens (including phenoxy) is 1. The average molecular weight is 523 g/mol. The Balaban J connectivity index is 1.08. The van der Waals surface area contributed by atoms with Crippen molar-refractivity contribution in [1.29, 1.82) is 0 Å². The van der Waals surface area contributed by atoms with E-state index in [9.17, 15) is 4.79 Å². The molecule has 4 aromatic carbocycles. The average Bonchev–Trinajstić information content (AvgIpc) is 3.40. The van der Waals surface area contributed by atoms with Gasteiger partial charge in [-0.2, -0.15) is 0 Å². The number of nitrogens with one attached hydrogen (secondary N) is 2. The van der Waals surface area contributed by atoms with Crippen LogP contribution in [0.15, 0.2) is 97.1 Å². The van der Waals surface area contributed by atoms with E-state index in [1.165, 1.54) is 16.7 Å². The highest BCUT2D eigenvalue weighted by molar-refractivity contribution is 6.30. The van der Waals surface area contributed by atoms with Crippen LogP contribution in [0.4, 0.5) is 4.79 Å². The van der Waals surface area contributed by atoms with E-state index in [2.05, 4.69) is 83.4 Å². The van der Waals surface area contributed by atoms with Gasteiger partial charge in [0.15, 0.2) is 0 Å². The summed E-state index contributed by atoms with van der Waals surface area (Å²) in [5.41, 5.74) is 6.54. The van der Waals surface area contributed by atoms with E-state index >= 15 is 0 Å². The maximum absolute atomic E-state index is 12.9. The first kappa shape index (κ1) is 24.6. The third-order valence-electron chi connectivity index (χ3n) is 7.80. The summed E-state index contributed by atoms with van der Waals surface area (Å²) in [7, 11) is 0. The third-order valence-corrected chi connectivity index (χ3v) is 8.04. The first-order valence-corrected chi connectivity index (χ1v) is 13.7. The summed E-state index contributed by atoms with van der Waals surface area (Å²) >= 11 is 6.28. The Labute approximate surface area is 229 Å². The van der Waals surface area contributed by atoms with Gasteiger partial charge in [0.2, 0.25) is 0 Å². The minimum Gasteiger partial charge on any atom is -0.487 e. The Morgan fingerprint density at radius 3 is 2.08 bits per heavy atom. The van der Waals surface area contributed by atoms with Crippen LogP contribution < -0.4 is 15.4 Å². The second kappa shape index (κ2) is 10.5. The van der Waals surface area contributed by atoms with Crippen LogP contribution in [-0.4, -0.2) is 11.6 Å². The first-order valence-electron chi connectivity index (χ1n) is 13.3. The van der Waals surface area contributed by atoms with Crippen LogP contribution in [0.25, 0.3) is 22.3 Å². The van der Waals surface area contributed by atoms with Gasteiger partial charge < -0.3 is 15.4 Å². The molecule has 0 saturated heterocycles. The molecule has 2 N–H and O–H groups in total. The van der Waals surface area contributed by atoms with Gasteiger partial charge in [0.05, 0.1) is 6.04 Å². The van der Waals surface area contributed by atoms with E-state index in [1.807, 2.05) is 24.3 Å².